The van der Waals surface area contributed by atoms with Crippen molar-refractivity contribution in [3.8, 4) is 0 Å². The molecule has 1 amide bonds. The second-order valence-corrected chi connectivity index (χ2v) is 10.5. The number of aliphatic hydroxyl groups excluding tert-OH is 1. The molecule has 2 N–H and O–H groups in total. The van der Waals surface area contributed by atoms with E-state index in [1.807, 2.05) is 18.2 Å². The topological polar surface area (TPSA) is 52.6 Å². The number of allylic oxidation sites excluding steroid dienone is 1. The van der Waals surface area contributed by atoms with Crippen LogP contribution < -0.4 is 5.32 Å². The molecule has 4 nitrogen and oxygen atoms in total. The van der Waals surface area contributed by atoms with Crippen LogP contribution in [0.1, 0.15) is 73.6 Å². The van der Waals surface area contributed by atoms with Crippen molar-refractivity contribution in [2.75, 3.05) is 25.0 Å². The van der Waals surface area contributed by atoms with Crippen molar-refractivity contribution in [3.05, 3.63) is 101 Å². The number of hydrogen-bond donors (Lipinski definition) is 2. The summed E-state index contributed by atoms with van der Waals surface area (Å²) in [5.41, 5.74) is 8.11. The highest BCUT2D eigenvalue weighted by molar-refractivity contribution is 5.99. The lowest BCUT2D eigenvalue weighted by atomic mass is 9.85. The van der Waals surface area contributed by atoms with Crippen LogP contribution in [0.2, 0.25) is 0 Å². The van der Waals surface area contributed by atoms with Crippen LogP contribution in [-0.4, -0.2) is 41.7 Å². The zero-order valence-corrected chi connectivity index (χ0v) is 21.8. The molecule has 0 atom stereocenters. The number of nitrogens with zero attached hydrogens (tertiary/aromatic N) is 1. The SMILES string of the molecule is CC(=O)Nc1ccc(C(=C(CCCO)c2ccccc2)c2ccc(C3CCN(C4CC4)CC3)cc2)cc1. The summed E-state index contributed by atoms with van der Waals surface area (Å²) in [4.78, 5) is 14.2. The molecule has 192 valence electrons. The Labute approximate surface area is 221 Å². The average Bonchev–Trinajstić information content (AvgIpc) is 3.78. The van der Waals surface area contributed by atoms with Gasteiger partial charge >= 0.3 is 0 Å². The van der Waals surface area contributed by atoms with Crippen molar-refractivity contribution in [1.82, 2.24) is 4.90 Å². The number of benzene rings is 3. The molecule has 1 aliphatic carbocycles. The molecule has 0 spiro atoms. The average molecular weight is 495 g/mol. The highest BCUT2D eigenvalue weighted by Crippen LogP contribution is 2.38. The quantitative estimate of drug-likeness (QED) is 0.325. The van der Waals surface area contributed by atoms with Gasteiger partial charge in [-0.05, 0) is 103 Å². The largest absolute Gasteiger partial charge is 0.396 e. The Morgan fingerprint density at radius 3 is 2.03 bits per heavy atom. The minimum atomic E-state index is -0.0741. The van der Waals surface area contributed by atoms with Crippen LogP contribution >= 0.6 is 0 Å². The van der Waals surface area contributed by atoms with Crippen molar-refractivity contribution in [2.24, 2.45) is 0 Å². The Bertz CT molecular complexity index is 1200. The summed E-state index contributed by atoms with van der Waals surface area (Å²) in [7, 11) is 0. The van der Waals surface area contributed by atoms with Crippen LogP contribution in [0.3, 0.4) is 0 Å². The van der Waals surface area contributed by atoms with Gasteiger partial charge in [-0.15, -0.1) is 0 Å². The Hall–Kier alpha value is -3.21. The van der Waals surface area contributed by atoms with Crippen molar-refractivity contribution in [1.29, 1.82) is 0 Å². The van der Waals surface area contributed by atoms with E-state index < -0.39 is 0 Å². The van der Waals surface area contributed by atoms with Crippen molar-refractivity contribution in [3.63, 3.8) is 0 Å². The lowest BCUT2D eigenvalue weighted by Crippen LogP contribution is -2.34. The molecule has 3 aromatic rings. The number of rotatable bonds is 9. The fraction of sp³-hybridized carbons (Fsp3) is 0.364. The molecule has 0 bridgehead atoms. The number of aliphatic hydroxyl groups is 1. The highest BCUT2D eigenvalue weighted by Gasteiger charge is 2.32. The van der Waals surface area contributed by atoms with E-state index in [1.54, 1.807) is 0 Å². The predicted molar refractivity (Wildman–Crippen MR) is 152 cm³/mol. The highest BCUT2D eigenvalue weighted by atomic mass is 16.2. The van der Waals surface area contributed by atoms with Gasteiger partial charge in [0.05, 0.1) is 0 Å². The van der Waals surface area contributed by atoms with E-state index in [1.165, 1.54) is 73.5 Å². The third kappa shape index (κ3) is 6.38. The molecule has 1 heterocycles. The smallest absolute Gasteiger partial charge is 0.221 e. The molecular formula is C33H38N2O2. The third-order valence-electron chi connectivity index (χ3n) is 7.77. The minimum absolute atomic E-state index is 0.0741. The van der Waals surface area contributed by atoms with Crippen LogP contribution in [-0.2, 0) is 4.79 Å². The molecule has 3 aromatic carbocycles. The summed E-state index contributed by atoms with van der Waals surface area (Å²) in [5, 5.41) is 12.5. The van der Waals surface area contributed by atoms with E-state index in [0.29, 0.717) is 12.3 Å². The lowest BCUT2D eigenvalue weighted by molar-refractivity contribution is -0.114. The molecule has 1 saturated heterocycles. The van der Waals surface area contributed by atoms with Crippen molar-refractivity contribution < 1.29 is 9.90 Å². The normalized spacial score (nSPS) is 17.4. The maximum Gasteiger partial charge on any atom is 0.221 e. The van der Waals surface area contributed by atoms with Gasteiger partial charge in [0.25, 0.3) is 0 Å². The number of carbonyl (C=O) groups is 1. The van der Waals surface area contributed by atoms with Crippen LogP contribution in [0.25, 0.3) is 11.1 Å². The van der Waals surface area contributed by atoms with Gasteiger partial charge in [-0.3, -0.25) is 4.79 Å². The molecule has 0 radical (unpaired) electrons. The van der Waals surface area contributed by atoms with Crippen LogP contribution in [0.15, 0.2) is 78.9 Å². The van der Waals surface area contributed by atoms with Gasteiger partial charge in [0, 0.05) is 25.3 Å². The van der Waals surface area contributed by atoms with Crippen LogP contribution in [0, 0.1) is 0 Å². The van der Waals surface area contributed by atoms with Crippen LogP contribution in [0.4, 0.5) is 5.69 Å². The maximum atomic E-state index is 11.5. The number of hydrogen-bond acceptors (Lipinski definition) is 3. The number of anilines is 1. The number of nitrogens with one attached hydrogen (secondary N) is 1. The molecule has 4 heteroatoms. The third-order valence-corrected chi connectivity index (χ3v) is 7.77. The standard InChI is InChI=1S/C33H38N2O2/c1-24(37)34-30-15-13-29(14-16-30)33(32(8-5-23-36)27-6-3-2-4-7-27)28-11-9-25(10-12-28)26-19-21-35(22-20-26)31-17-18-31/h2-4,6-7,9-16,26,31,36H,5,8,17-23H2,1H3,(H,34,37). The second kappa shape index (κ2) is 11.9. The Morgan fingerprint density at radius 1 is 0.838 bits per heavy atom. The van der Waals surface area contributed by atoms with E-state index in [0.717, 1.165) is 23.7 Å². The van der Waals surface area contributed by atoms with Gasteiger partial charge in [0.15, 0.2) is 0 Å². The molecule has 0 aromatic heterocycles. The Morgan fingerprint density at radius 2 is 1.46 bits per heavy atom. The monoisotopic (exact) mass is 494 g/mol. The fourth-order valence-corrected chi connectivity index (χ4v) is 5.71. The molecule has 2 fully saturated rings. The number of likely N-dealkylation sites (tertiary alicyclic amines) is 1. The lowest BCUT2D eigenvalue weighted by Gasteiger charge is -2.32. The zero-order chi connectivity index (χ0) is 25.6. The van der Waals surface area contributed by atoms with Gasteiger partial charge in [-0.1, -0.05) is 66.7 Å². The first kappa shape index (κ1) is 25.4. The summed E-state index contributed by atoms with van der Waals surface area (Å²) < 4.78 is 0. The molecule has 1 aliphatic heterocycles. The molecule has 2 aliphatic rings. The Balaban J connectivity index is 1.50. The summed E-state index contributed by atoms with van der Waals surface area (Å²) in [6, 6.07) is 28.7. The number of piperidine rings is 1. The first-order chi connectivity index (χ1) is 18.1. The van der Waals surface area contributed by atoms with Gasteiger partial charge in [0.2, 0.25) is 5.91 Å². The second-order valence-electron chi connectivity index (χ2n) is 10.5. The van der Waals surface area contributed by atoms with E-state index in [2.05, 4.69) is 70.9 Å². The van der Waals surface area contributed by atoms with E-state index in [9.17, 15) is 9.90 Å². The molecular weight excluding hydrogens is 456 g/mol. The van der Waals surface area contributed by atoms with E-state index >= 15 is 0 Å². The van der Waals surface area contributed by atoms with E-state index in [-0.39, 0.29) is 12.5 Å². The zero-order valence-electron chi connectivity index (χ0n) is 21.8. The van der Waals surface area contributed by atoms with Crippen molar-refractivity contribution in [2.45, 2.75) is 57.4 Å². The summed E-state index contributed by atoms with van der Waals surface area (Å²) in [5.74, 6) is 0.561. The summed E-state index contributed by atoms with van der Waals surface area (Å²) in [6.45, 7) is 4.13. The summed E-state index contributed by atoms with van der Waals surface area (Å²) in [6.07, 6.45) is 6.75. The van der Waals surface area contributed by atoms with Gasteiger partial charge in [-0.25, -0.2) is 0 Å². The number of amides is 1. The number of carbonyl (C=O) groups excluding carboxylic acids is 1. The van der Waals surface area contributed by atoms with E-state index in [4.69, 9.17) is 0 Å². The first-order valence-corrected chi connectivity index (χ1v) is 13.7. The Kier molecular flexibility index (Phi) is 8.18. The molecule has 0 unspecified atom stereocenters. The molecule has 5 rings (SSSR count). The minimum Gasteiger partial charge on any atom is -0.396 e. The van der Waals surface area contributed by atoms with Crippen molar-refractivity contribution >= 4 is 22.7 Å². The van der Waals surface area contributed by atoms with Crippen LogP contribution in [0.5, 0.6) is 0 Å². The predicted octanol–water partition coefficient (Wildman–Crippen LogP) is 6.72. The summed E-state index contributed by atoms with van der Waals surface area (Å²) >= 11 is 0. The van der Waals surface area contributed by atoms with Gasteiger partial charge in [-0.2, -0.15) is 0 Å². The molecule has 1 saturated carbocycles. The fourth-order valence-electron chi connectivity index (χ4n) is 5.71. The maximum absolute atomic E-state index is 11.5. The first-order valence-electron chi connectivity index (χ1n) is 13.7. The molecule has 37 heavy (non-hydrogen) atoms. The van der Waals surface area contributed by atoms with Gasteiger partial charge < -0.3 is 15.3 Å². The van der Waals surface area contributed by atoms with Gasteiger partial charge in [0.1, 0.15) is 0 Å².